The highest BCUT2D eigenvalue weighted by Gasteiger charge is 2.50. The molecule has 2 N–H and O–H groups in total. The fraction of sp³-hybridized carbons (Fsp3) is 0.250. The maximum Gasteiger partial charge on any atom is 0.417 e. The Morgan fingerprint density at radius 3 is 2.33 bits per heavy atom. The number of nitriles is 1. The summed E-state index contributed by atoms with van der Waals surface area (Å²) >= 11 is 5.39. The van der Waals surface area contributed by atoms with Crippen molar-refractivity contribution in [2.24, 2.45) is 5.73 Å². The number of nitrogens with two attached hydrogens (primary N) is 1. The molecule has 10 heteroatoms. The third-order valence-electron chi connectivity index (χ3n) is 4.87. The number of amides is 1. The van der Waals surface area contributed by atoms with Gasteiger partial charge in [0, 0.05) is 17.8 Å². The van der Waals surface area contributed by atoms with E-state index in [1.807, 2.05) is 0 Å². The summed E-state index contributed by atoms with van der Waals surface area (Å²) in [7, 11) is 0. The number of rotatable bonds is 3. The van der Waals surface area contributed by atoms with Crippen LogP contribution < -0.4 is 15.5 Å². The van der Waals surface area contributed by atoms with Crippen molar-refractivity contribution in [3.63, 3.8) is 0 Å². The number of halogens is 4. The van der Waals surface area contributed by atoms with Crippen molar-refractivity contribution in [3.05, 3.63) is 58.9 Å². The minimum absolute atomic E-state index is 0.0174. The van der Waals surface area contributed by atoms with Gasteiger partial charge in [-0.3, -0.25) is 9.69 Å². The summed E-state index contributed by atoms with van der Waals surface area (Å²) in [6, 6.07) is 8.57. The molecule has 1 heterocycles. The minimum atomic E-state index is -4.79. The zero-order valence-electron chi connectivity index (χ0n) is 15.9. The summed E-state index contributed by atoms with van der Waals surface area (Å²) in [6.45, 7) is 3.05. The standard InChI is InChI=1S/C20H16F4N4OS/c1-19(2)17(29)27(13-5-3-11(9-25)15(7-13)20(22,23)24)18(30)28(19)14-6-4-12(10-26)16(21)8-14/h3-8H,10,26H2,1-2H3. The molecule has 0 spiro atoms. The highest BCUT2D eigenvalue weighted by molar-refractivity contribution is 7.81. The van der Waals surface area contributed by atoms with Crippen molar-refractivity contribution in [2.45, 2.75) is 32.1 Å². The first-order valence-electron chi connectivity index (χ1n) is 8.72. The smallest absolute Gasteiger partial charge is 0.326 e. The number of alkyl halides is 3. The van der Waals surface area contributed by atoms with Crippen LogP contribution >= 0.6 is 12.2 Å². The van der Waals surface area contributed by atoms with Crippen molar-refractivity contribution in [3.8, 4) is 6.07 Å². The predicted octanol–water partition coefficient (Wildman–Crippen LogP) is 4.09. The van der Waals surface area contributed by atoms with Gasteiger partial charge in [-0.25, -0.2) is 4.39 Å². The second kappa shape index (κ2) is 7.34. The van der Waals surface area contributed by atoms with Gasteiger partial charge in [0.1, 0.15) is 11.4 Å². The Kier molecular flexibility index (Phi) is 5.30. The van der Waals surface area contributed by atoms with Gasteiger partial charge in [0.2, 0.25) is 0 Å². The fourth-order valence-electron chi connectivity index (χ4n) is 3.30. The molecule has 5 nitrogen and oxygen atoms in total. The van der Waals surface area contributed by atoms with Crippen LogP contribution in [0.25, 0.3) is 0 Å². The van der Waals surface area contributed by atoms with E-state index in [0.29, 0.717) is 6.07 Å². The van der Waals surface area contributed by atoms with E-state index in [1.165, 1.54) is 49.1 Å². The van der Waals surface area contributed by atoms with Crippen molar-refractivity contribution >= 4 is 34.6 Å². The van der Waals surface area contributed by atoms with Crippen LogP contribution in [0.1, 0.15) is 30.5 Å². The first kappa shape index (κ1) is 21.7. The minimum Gasteiger partial charge on any atom is -0.326 e. The largest absolute Gasteiger partial charge is 0.417 e. The highest BCUT2D eigenvalue weighted by atomic mass is 32.1. The molecule has 156 valence electrons. The number of benzene rings is 2. The molecular weight excluding hydrogens is 420 g/mol. The molecule has 1 aliphatic rings. The number of carbonyl (C=O) groups is 1. The number of nitrogens with zero attached hydrogens (tertiary/aromatic N) is 3. The quantitative estimate of drug-likeness (QED) is 0.580. The van der Waals surface area contributed by atoms with E-state index < -0.39 is 34.6 Å². The molecule has 2 aromatic carbocycles. The van der Waals surface area contributed by atoms with Crippen LogP contribution in [0, 0.1) is 17.1 Å². The van der Waals surface area contributed by atoms with Gasteiger partial charge in [-0.05, 0) is 56.4 Å². The van der Waals surface area contributed by atoms with E-state index >= 15 is 0 Å². The predicted molar refractivity (Wildman–Crippen MR) is 107 cm³/mol. The third kappa shape index (κ3) is 3.40. The van der Waals surface area contributed by atoms with Crippen molar-refractivity contribution in [1.82, 2.24) is 0 Å². The maximum atomic E-state index is 14.3. The van der Waals surface area contributed by atoms with Crippen LogP contribution in [0.15, 0.2) is 36.4 Å². The monoisotopic (exact) mass is 436 g/mol. The van der Waals surface area contributed by atoms with Crippen molar-refractivity contribution < 1.29 is 22.4 Å². The fourth-order valence-corrected chi connectivity index (χ4v) is 3.82. The first-order valence-corrected chi connectivity index (χ1v) is 9.13. The van der Waals surface area contributed by atoms with Gasteiger partial charge in [0.05, 0.1) is 22.9 Å². The Labute approximate surface area is 175 Å². The van der Waals surface area contributed by atoms with E-state index in [1.54, 1.807) is 0 Å². The summed E-state index contributed by atoms with van der Waals surface area (Å²) in [5.74, 6) is -1.18. The van der Waals surface area contributed by atoms with Crippen LogP contribution in [-0.4, -0.2) is 16.6 Å². The summed E-state index contributed by atoms with van der Waals surface area (Å²) < 4.78 is 54.3. The number of hydrogen-bond acceptors (Lipinski definition) is 4. The van der Waals surface area contributed by atoms with Crippen molar-refractivity contribution in [1.29, 1.82) is 5.26 Å². The molecule has 1 fully saturated rings. The molecule has 30 heavy (non-hydrogen) atoms. The Balaban J connectivity index is 2.11. The van der Waals surface area contributed by atoms with Crippen LogP contribution in [0.4, 0.5) is 28.9 Å². The Bertz CT molecular complexity index is 1090. The van der Waals surface area contributed by atoms with Crippen LogP contribution in [-0.2, 0) is 17.5 Å². The lowest BCUT2D eigenvalue weighted by Crippen LogP contribution is -2.44. The molecule has 0 aromatic heterocycles. The van der Waals surface area contributed by atoms with Gasteiger partial charge in [0.15, 0.2) is 5.11 Å². The SMILES string of the molecule is CC1(C)C(=O)N(c2ccc(C#N)c(C(F)(F)F)c2)C(=S)N1c1ccc(CN)c(F)c1. The van der Waals surface area contributed by atoms with E-state index in [2.05, 4.69) is 0 Å². The number of thiocarbonyl (C=S) groups is 1. The molecular formula is C20H16F4N4OS. The first-order chi connectivity index (χ1) is 13.9. The zero-order valence-corrected chi connectivity index (χ0v) is 16.7. The lowest BCUT2D eigenvalue weighted by molar-refractivity contribution is -0.137. The molecule has 3 rings (SSSR count). The van der Waals surface area contributed by atoms with Crippen LogP contribution in [0.5, 0.6) is 0 Å². The van der Waals surface area contributed by atoms with Crippen LogP contribution in [0.2, 0.25) is 0 Å². The Morgan fingerprint density at radius 2 is 1.80 bits per heavy atom. The summed E-state index contributed by atoms with van der Waals surface area (Å²) in [6.07, 6.45) is -4.79. The molecule has 1 amide bonds. The van der Waals surface area contributed by atoms with E-state index in [4.69, 9.17) is 23.2 Å². The summed E-state index contributed by atoms with van der Waals surface area (Å²) in [5, 5.41) is 8.87. The molecule has 0 radical (unpaired) electrons. The van der Waals surface area contributed by atoms with E-state index in [9.17, 15) is 22.4 Å². The molecule has 0 saturated carbocycles. The van der Waals surface area contributed by atoms with E-state index in [0.717, 1.165) is 11.0 Å². The van der Waals surface area contributed by atoms with Gasteiger partial charge < -0.3 is 10.6 Å². The lowest BCUT2D eigenvalue weighted by atomic mass is 10.0. The number of carbonyl (C=O) groups excluding carboxylic acids is 1. The van der Waals surface area contributed by atoms with Gasteiger partial charge in [-0.2, -0.15) is 18.4 Å². The molecule has 0 unspecified atom stereocenters. The number of hydrogen-bond donors (Lipinski definition) is 1. The Morgan fingerprint density at radius 1 is 1.17 bits per heavy atom. The Hall–Kier alpha value is -3.03. The lowest BCUT2D eigenvalue weighted by Gasteiger charge is -2.29. The second-order valence-corrected chi connectivity index (χ2v) is 7.50. The van der Waals surface area contributed by atoms with Gasteiger partial charge in [0.25, 0.3) is 5.91 Å². The average molecular weight is 436 g/mol. The molecule has 1 aliphatic heterocycles. The second-order valence-electron chi connectivity index (χ2n) is 7.14. The number of anilines is 2. The normalized spacial score (nSPS) is 16.2. The third-order valence-corrected chi connectivity index (χ3v) is 5.24. The molecule has 0 atom stereocenters. The average Bonchev–Trinajstić information content (AvgIpc) is 2.85. The summed E-state index contributed by atoms with van der Waals surface area (Å²) in [5.41, 5.74) is 2.84. The van der Waals surface area contributed by atoms with E-state index in [-0.39, 0.29) is 28.6 Å². The van der Waals surface area contributed by atoms with Crippen molar-refractivity contribution in [2.75, 3.05) is 9.80 Å². The zero-order chi connectivity index (χ0) is 22.4. The molecule has 0 aliphatic carbocycles. The summed E-state index contributed by atoms with van der Waals surface area (Å²) in [4.78, 5) is 15.4. The molecule has 1 saturated heterocycles. The van der Waals surface area contributed by atoms with Gasteiger partial charge in [-0.1, -0.05) is 6.07 Å². The maximum absolute atomic E-state index is 14.3. The van der Waals surface area contributed by atoms with Crippen LogP contribution in [0.3, 0.4) is 0 Å². The van der Waals surface area contributed by atoms with Gasteiger partial charge in [-0.15, -0.1) is 0 Å². The highest BCUT2D eigenvalue weighted by Crippen LogP contribution is 2.39. The van der Waals surface area contributed by atoms with Gasteiger partial charge >= 0.3 is 6.18 Å². The topological polar surface area (TPSA) is 73.4 Å². The molecule has 2 aromatic rings. The molecule has 0 bridgehead atoms.